The number of nitrogens with two attached hydrogens (primary N) is 2. The molecule has 1 aromatic rings. The number of halogens is 2. The lowest BCUT2D eigenvalue weighted by Gasteiger charge is -2.33. The maximum Gasteiger partial charge on any atom is 0.141 e. The van der Waals surface area contributed by atoms with Crippen LogP contribution in [0.1, 0.15) is 46.1 Å². The topological polar surface area (TPSA) is 87.5 Å². The van der Waals surface area contributed by atoms with Gasteiger partial charge in [-0.05, 0) is 43.6 Å². The molecule has 0 bridgehead atoms. The number of nitrogens with zero attached hydrogens (tertiary/aromatic N) is 1. The number of nitrogens with one attached hydrogen (secondary N) is 1. The van der Waals surface area contributed by atoms with E-state index >= 15 is 0 Å². The third-order valence-electron chi connectivity index (χ3n) is 3.21. The SMILES string of the molecule is CC.CC.CN(N)/C=C\N.OC1(c2ccc(F)c(Cl)c2)CCNCC1. The minimum atomic E-state index is -0.859. The molecule has 6 N–H and O–H groups in total. The van der Waals surface area contributed by atoms with E-state index in [1.54, 1.807) is 19.3 Å². The molecular formula is C18H34ClFN4O. The summed E-state index contributed by atoms with van der Waals surface area (Å²) in [6, 6.07) is 4.42. The predicted molar refractivity (Wildman–Crippen MR) is 105 cm³/mol. The number of piperidine rings is 1. The summed E-state index contributed by atoms with van der Waals surface area (Å²) in [5, 5.41) is 14.9. The first-order chi connectivity index (χ1) is 11.9. The van der Waals surface area contributed by atoms with Crippen LogP contribution in [0.2, 0.25) is 5.02 Å². The highest BCUT2D eigenvalue weighted by Crippen LogP contribution is 2.32. The normalized spacial score (nSPS) is 14.9. The summed E-state index contributed by atoms with van der Waals surface area (Å²) >= 11 is 5.69. The van der Waals surface area contributed by atoms with Crippen molar-refractivity contribution in [1.82, 2.24) is 10.3 Å². The van der Waals surface area contributed by atoms with Crippen molar-refractivity contribution in [2.45, 2.75) is 46.1 Å². The summed E-state index contributed by atoms with van der Waals surface area (Å²) in [7, 11) is 1.70. The maximum absolute atomic E-state index is 13.0. The quantitative estimate of drug-likeness (QED) is 0.469. The molecule has 0 aromatic heterocycles. The van der Waals surface area contributed by atoms with E-state index in [1.807, 2.05) is 27.7 Å². The molecule has 7 heteroatoms. The lowest BCUT2D eigenvalue weighted by molar-refractivity contribution is 0.00589. The molecular weight excluding hydrogens is 343 g/mol. The Bertz CT molecular complexity index is 478. The van der Waals surface area contributed by atoms with Crippen molar-refractivity contribution < 1.29 is 9.50 Å². The van der Waals surface area contributed by atoms with Crippen molar-refractivity contribution >= 4 is 11.6 Å². The van der Waals surface area contributed by atoms with E-state index in [0.29, 0.717) is 18.4 Å². The average molecular weight is 377 g/mol. The largest absolute Gasteiger partial charge is 0.403 e. The third kappa shape index (κ3) is 10.3. The standard InChI is InChI=1S/C11H13ClFNO.C3H9N3.2C2H6/c12-9-7-8(1-2-10(9)13)11(15)3-5-14-6-4-11;1-6(5)3-2-4;2*1-2/h1-2,7,14-15H,3-6H2;2-3H,4-5H2,1H3;2*1-2H3/b;3-2-;;. The Balaban J connectivity index is 0. The molecule has 2 rings (SSSR count). The van der Waals surface area contributed by atoms with Crippen molar-refractivity contribution in [2.75, 3.05) is 20.1 Å². The minimum absolute atomic E-state index is 0.0689. The van der Waals surface area contributed by atoms with Crippen molar-refractivity contribution in [3.05, 3.63) is 47.0 Å². The lowest BCUT2D eigenvalue weighted by Crippen LogP contribution is -2.39. The summed E-state index contributed by atoms with van der Waals surface area (Å²) < 4.78 is 13.0. The highest BCUT2D eigenvalue weighted by atomic mass is 35.5. The molecule has 1 aliphatic rings. The number of hydrogen-bond donors (Lipinski definition) is 4. The van der Waals surface area contributed by atoms with Gasteiger partial charge in [0.1, 0.15) is 5.82 Å². The Hall–Kier alpha value is -1.34. The second kappa shape index (κ2) is 15.0. The molecule has 0 aliphatic carbocycles. The smallest absolute Gasteiger partial charge is 0.141 e. The molecule has 0 atom stereocenters. The number of aliphatic hydroxyl groups is 1. The number of hydrogen-bond acceptors (Lipinski definition) is 5. The molecule has 25 heavy (non-hydrogen) atoms. The molecule has 1 heterocycles. The summed E-state index contributed by atoms with van der Waals surface area (Å²) in [5.74, 6) is 4.62. The van der Waals surface area contributed by atoms with Crippen LogP contribution in [-0.4, -0.2) is 30.3 Å². The molecule has 0 amide bonds. The van der Waals surface area contributed by atoms with Crippen LogP contribution in [0.25, 0.3) is 0 Å². The first-order valence-electron chi connectivity index (χ1n) is 8.63. The highest BCUT2D eigenvalue weighted by molar-refractivity contribution is 6.30. The van der Waals surface area contributed by atoms with E-state index in [1.165, 1.54) is 23.3 Å². The Morgan fingerprint density at radius 2 is 1.76 bits per heavy atom. The monoisotopic (exact) mass is 376 g/mol. The average Bonchev–Trinajstić information content (AvgIpc) is 2.62. The summed E-state index contributed by atoms with van der Waals surface area (Å²) in [5.41, 5.74) is 4.77. The lowest BCUT2D eigenvalue weighted by atomic mass is 9.85. The van der Waals surface area contributed by atoms with E-state index in [-0.39, 0.29) is 5.02 Å². The summed E-state index contributed by atoms with van der Waals surface area (Å²) in [6.07, 6.45) is 4.20. The molecule has 146 valence electrons. The fraction of sp³-hybridized carbons (Fsp3) is 0.556. The van der Waals surface area contributed by atoms with Gasteiger partial charge in [0.05, 0.1) is 10.6 Å². The Morgan fingerprint density at radius 3 is 2.12 bits per heavy atom. The van der Waals surface area contributed by atoms with Crippen molar-refractivity contribution in [1.29, 1.82) is 0 Å². The number of benzene rings is 1. The van der Waals surface area contributed by atoms with E-state index in [0.717, 1.165) is 13.1 Å². The molecule has 1 aromatic carbocycles. The van der Waals surface area contributed by atoms with Gasteiger partial charge >= 0.3 is 0 Å². The third-order valence-corrected chi connectivity index (χ3v) is 3.50. The van der Waals surface area contributed by atoms with Crippen molar-refractivity contribution in [2.24, 2.45) is 11.6 Å². The van der Waals surface area contributed by atoms with Crippen LogP contribution in [0.4, 0.5) is 4.39 Å². The van der Waals surface area contributed by atoms with Crippen LogP contribution in [0.15, 0.2) is 30.6 Å². The van der Waals surface area contributed by atoms with E-state index < -0.39 is 11.4 Å². The second-order valence-electron chi connectivity index (χ2n) is 4.92. The van der Waals surface area contributed by atoms with Gasteiger partial charge in [-0.1, -0.05) is 45.4 Å². The molecule has 1 saturated heterocycles. The summed E-state index contributed by atoms with van der Waals surface area (Å²) in [6.45, 7) is 9.54. The molecule has 0 unspecified atom stereocenters. The van der Waals surface area contributed by atoms with Crippen LogP contribution in [-0.2, 0) is 5.60 Å². The zero-order valence-corrected chi connectivity index (χ0v) is 16.8. The van der Waals surface area contributed by atoms with Gasteiger partial charge in [-0.2, -0.15) is 0 Å². The molecule has 0 spiro atoms. The Kier molecular flexibility index (Phi) is 15.5. The Morgan fingerprint density at radius 1 is 1.24 bits per heavy atom. The fourth-order valence-corrected chi connectivity index (χ4v) is 2.23. The highest BCUT2D eigenvalue weighted by Gasteiger charge is 2.31. The first-order valence-corrected chi connectivity index (χ1v) is 9.01. The van der Waals surface area contributed by atoms with Gasteiger partial charge in [0.25, 0.3) is 0 Å². The zero-order valence-electron chi connectivity index (χ0n) is 16.0. The van der Waals surface area contributed by atoms with Gasteiger partial charge < -0.3 is 21.2 Å². The second-order valence-corrected chi connectivity index (χ2v) is 5.32. The van der Waals surface area contributed by atoms with Gasteiger partial charge in [-0.25, -0.2) is 10.2 Å². The van der Waals surface area contributed by atoms with Crippen molar-refractivity contribution in [3.8, 4) is 0 Å². The number of rotatable bonds is 2. The van der Waals surface area contributed by atoms with Crippen LogP contribution in [0.5, 0.6) is 0 Å². The molecule has 0 radical (unpaired) electrons. The first kappa shape index (κ1) is 25.9. The molecule has 1 aliphatic heterocycles. The van der Waals surface area contributed by atoms with Gasteiger partial charge in [0.15, 0.2) is 0 Å². The Labute approximate surface area is 156 Å². The van der Waals surface area contributed by atoms with E-state index in [9.17, 15) is 9.50 Å². The number of hydrazine groups is 1. The van der Waals surface area contributed by atoms with Gasteiger partial charge in [0.2, 0.25) is 0 Å². The summed E-state index contributed by atoms with van der Waals surface area (Å²) in [4.78, 5) is 0. The molecule has 1 fully saturated rings. The van der Waals surface area contributed by atoms with E-state index in [2.05, 4.69) is 5.32 Å². The fourth-order valence-electron chi connectivity index (χ4n) is 2.05. The van der Waals surface area contributed by atoms with Crippen LogP contribution in [0, 0.1) is 5.82 Å². The van der Waals surface area contributed by atoms with Gasteiger partial charge in [-0.15, -0.1) is 0 Å². The minimum Gasteiger partial charge on any atom is -0.403 e. The van der Waals surface area contributed by atoms with Gasteiger partial charge in [0, 0.05) is 19.4 Å². The van der Waals surface area contributed by atoms with Crippen LogP contribution < -0.4 is 16.9 Å². The van der Waals surface area contributed by atoms with Gasteiger partial charge in [-0.3, -0.25) is 0 Å². The van der Waals surface area contributed by atoms with Crippen molar-refractivity contribution in [3.63, 3.8) is 0 Å². The zero-order chi connectivity index (χ0) is 19.9. The van der Waals surface area contributed by atoms with Crippen LogP contribution in [0.3, 0.4) is 0 Å². The van der Waals surface area contributed by atoms with Crippen LogP contribution >= 0.6 is 11.6 Å². The molecule has 0 saturated carbocycles. The predicted octanol–water partition coefficient (Wildman–Crippen LogP) is 3.32. The maximum atomic E-state index is 13.0. The molecule has 5 nitrogen and oxygen atoms in total. The van der Waals surface area contributed by atoms with E-state index in [4.69, 9.17) is 23.2 Å².